The van der Waals surface area contributed by atoms with Gasteiger partial charge in [-0.25, -0.2) is 9.97 Å². The van der Waals surface area contributed by atoms with Crippen LogP contribution >= 0.6 is 0 Å². The maximum atomic E-state index is 10.4. The first-order valence-corrected chi connectivity index (χ1v) is 6.11. The van der Waals surface area contributed by atoms with Crippen molar-refractivity contribution in [2.45, 2.75) is 25.4 Å². The molecule has 2 rings (SSSR count). The Labute approximate surface area is 107 Å². The van der Waals surface area contributed by atoms with Gasteiger partial charge >= 0.3 is 0 Å². The Bertz CT molecular complexity index is 398. The summed E-state index contributed by atoms with van der Waals surface area (Å²) in [6, 6.07) is 1.72. The Morgan fingerprint density at radius 3 is 2.72 bits per heavy atom. The van der Waals surface area contributed by atoms with Gasteiger partial charge in [-0.1, -0.05) is 0 Å². The topological polar surface area (TPSA) is 84.5 Å². The lowest BCUT2D eigenvalue weighted by Crippen LogP contribution is -2.46. The fourth-order valence-electron chi connectivity index (χ4n) is 2.20. The molecule has 0 amide bonds. The van der Waals surface area contributed by atoms with Crippen molar-refractivity contribution >= 4 is 11.6 Å². The predicted octanol–water partition coefficient (Wildman–Crippen LogP) is 0.345. The summed E-state index contributed by atoms with van der Waals surface area (Å²) in [5.74, 6) is 1.82. The van der Waals surface area contributed by atoms with Crippen LogP contribution in [-0.4, -0.2) is 47.5 Å². The van der Waals surface area contributed by atoms with Crippen LogP contribution in [0.5, 0.6) is 0 Å². The minimum Gasteiger partial charge on any atom is -0.388 e. The summed E-state index contributed by atoms with van der Waals surface area (Å²) < 4.78 is 5.27. The van der Waals surface area contributed by atoms with Crippen LogP contribution in [0.25, 0.3) is 0 Å². The van der Waals surface area contributed by atoms with Crippen molar-refractivity contribution in [1.29, 1.82) is 0 Å². The molecule has 0 unspecified atom stereocenters. The Morgan fingerprint density at radius 2 is 2.11 bits per heavy atom. The summed E-state index contributed by atoms with van der Waals surface area (Å²) in [6.07, 6.45) is 1.30. The molecule has 1 fully saturated rings. The average molecular weight is 252 g/mol. The van der Waals surface area contributed by atoms with Gasteiger partial charge in [-0.2, -0.15) is 0 Å². The number of rotatable bonds is 3. The zero-order valence-corrected chi connectivity index (χ0v) is 10.9. The van der Waals surface area contributed by atoms with Gasteiger partial charge in [0.15, 0.2) is 0 Å². The van der Waals surface area contributed by atoms with Crippen LogP contribution in [0.3, 0.4) is 0 Å². The van der Waals surface area contributed by atoms with E-state index >= 15 is 0 Å². The molecule has 18 heavy (non-hydrogen) atoms. The molecular weight excluding hydrogens is 232 g/mol. The third kappa shape index (κ3) is 3.08. The Balaban J connectivity index is 2.08. The summed E-state index contributed by atoms with van der Waals surface area (Å²) in [4.78, 5) is 10.3. The Kier molecular flexibility index (Phi) is 3.68. The lowest BCUT2D eigenvalue weighted by molar-refractivity contribution is -0.0573. The third-order valence-corrected chi connectivity index (χ3v) is 3.19. The molecule has 1 saturated heterocycles. The SMILES string of the molecule is Cc1nc(N)cc(N(C)CC2(O)CCOCC2)n1. The van der Waals surface area contributed by atoms with Crippen molar-refractivity contribution in [3.63, 3.8) is 0 Å². The first-order chi connectivity index (χ1) is 8.48. The van der Waals surface area contributed by atoms with E-state index in [-0.39, 0.29) is 0 Å². The fraction of sp³-hybridized carbons (Fsp3) is 0.667. The number of likely N-dealkylation sites (N-methyl/N-ethyl adjacent to an activating group) is 1. The highest BCUT2D eigenvalue weighted by Crippen LogP contribution is 2.23. The number of aliphatic hydroxyl groups is 1. The fourth-order valence-corrected chi connectivity index (χ4v) is 2.20. The number of nitrogens with two attached hydrogens (primary N) is 1. The van der Waals surface area contributed by atoms with Gasteiger partial charge in [-0.15, -0.1) is 0 Å². The van der Waals surface area contributed by atoms with Gasteiger partial charge in [0.25, 0.3) is 0 Å². The standard InChI is InChI=1S/C12H20N4O2/c1-9-14-10(13)7-11(15-9)16(2)8-12(17)3-5-18-6-4-12/h7,17H,3-6,8H2,1-2H3,(H2,13,14,15). The van der Waals surface area contributed by atoms with E-state index in [1.165, 1.54) is 0 Å². The number of hydrogen-bond donors (Lipinski definition) is 2. The van der Waals surface area contributed by atoms with E-state index in [2.05, 4.69) is 9.97 Å². The molecule has 1 aliphatic rings. The molecule has 1 aliphatic heterocycles. The summed E-state index contributed by atoms with van der Waals surface area (Å²) in [5.41, 5.74) is 5.00. The number of aromatic nitrogens is 2. The largest absolute Gasteiger partial charge is 0.388 e. The van der Waals surface area contributed by atoms with Crippen molar-refractivity contribution in [3.05, 3.63) is 11.9 Å². The monoisotopic (exact) mass is 252 g/mol. The molecule has 1 aromatic rings. The molecule has 6 heteroatoms. The molecule has 0 bridgehead atoms. The normalized spacial score (nSPS) is 18.6. The van der Waals surface area contributed by atoms with Crippen molar-refractivity contribution in [1.82, 2.24) is 9.97 Å². The number of ether oxygens (including phenoxy) is 1. The Morgan fingerprint density at radius 1 is 1.44 bits per heavy atom. The molecule has 0 atom stereocenters. The molecule has 0 spiro atoms. The summed E-state index contributed by atoms with van der Waals surface area (Å²) in [6.45, 7) is 3.54. The smallest absolute Gasteiger partial charge is 0.134 e. The van der Waals surface area contributed by atoms with E-state index in [1.54, 1.807) is 13.0 Å². The van der Waals surface area contributed by atoms with E-state index in [0.717, 1.165) is 5.82 Å². The third-order valence-electron chi connectivity index (χ3n) is 3.19. The van der Waals surface area contributed by atoms with Gasteiger partial charge in [0, 0.05) is 45.7 Å². The molecule has 0 radical (unpaired) electrons. The van der Waals surface area contributed by atoms with Crippen LogP contribution in [0.4, 0.5) is 11.6 Å². The molecule has 0 aromatic carbocycles. The molecule has 6 nitrogen and oxygen atoms in total. The molecule has 100 valence electrons. The van der Waals surface area contributed by atoms with Gasteiger partial charge in [0.1, 0.15) is 17.5 Å². The maximum Gasteiger partial charge on any atom is 0.134 e. The molecule has 3 N–H and O–H groups in total. The highest BCUT2D eigenvalue weighted by Gasteiger charge is 2.31. The van der Waals surface area contributed by atoms with Gasteiger partial charge < -0.3 is 20.5 Å². The number of nitrogen functional groups attached to an aromatic ring is 1. The minimum absolute atomic E-state index is 0.448. The van der Waals surface area contributed by atoms with Crippen LogP contribution in [0.1, 0.15) is 18.7 Å². The summed E-state index contributed by atoms with van der Waals surface area (Å²) in [7, 11) is 1.90. The first kappa shape index (κ1) is 13.0. The second-order valence-corrected chi connectivity index (χ2v) is 4.89. The van der Waals surface area contributed by atoms with Gasteiger partial charge in [-0.3, -0.25) is 0 Å². The van der Waals surface area contributed by atoms with Crippen molar-refractivity contribution in [2.75, 3.05) is 37.4 Å². The van der Waals surface area contributed by atoms with Crippen LogP contribution in [0, 0.1) is 6.92 Å². The Hall–Kier alpha value is -1.40. The average Bonchev–Trinajstić information content (AvgIpc) is 2.28. The molecule has 0 saturated carbocycles. The van der Waals surface area contributed by atoms with Crippen LogP contribution in [0.2, 0.25) is 0 Å². The maximum absolute atomic E-state index is 10.4. The number of aryl methyl sites for hydroxylation is 1. The molecule has 0 aliphatic carbocycles. The second kappa shape index (κ2) is 5.07. The minimum atomic E-state index is -0.708. The van der Waals surface area contributed by atoms with E-state index in [9.17, 15) is 5.11 Å². The lowest BCUT2D eigenvalue weighted by atomic mass is 9.94. The van der Waals surface area contributed by atoms with Crippen LogP contribution < -0.4 is 10.6 Å². The number of anilines is 2. The zero-order chi connectivity index (χ0) is 13.2. The van der Waals surface area contributed by atoms with E-state index in [1.807, 2.05) is 11.9 Å². The quantitative estimate of drug-likeness (QED) is 0.807. The van der Waals surface area contributed by atoms with Crippen molar-refractivity contribution in [3.8, 4) is 0 Å². The zero-order valence-electron chi connectivity index (χ0n) is 10.9. The number of nitrogens with zero attached hydrogens (tertiary/aromatic N) is 3. The van der Waals surface area contributed by atoms with Crippen molar-refractivity contribution in [2.24, 2.45) is 0 Å². The van der Waals surface area contributed by atoms with Crippen molar-refractivity contribution < 1.29 is 9.84 Å². The van der Waals surface area contributed by atoms with Gasteiger partial charge in [-0.05, 0) is 6.92 Å². The van der Waals surface area contributed by atoms with E-state index in [4.69, 9.17) is 10.5 Å². The molecular formula is C12H20N4O2. The van der Waals surface area contributed by atoms with Gasteiger partial charge in [0.2, 0.25) is 0 Å². The van der Waals surface area contributed by atoms with E-state index in [0.29, 0.717) is 44.2 Å². The van der Waals surface area contributed by atoms with E-state index < -0.39 is 5.60 Å². The molecule has 1 aromatic heterocycles. The van der Waals surface area contributed by atoms with Crippen LogP contribution in [0.15, 0.2) is 6.07 Å². The second-order valence-electron chi connectivity index (χ2n) is 4.89. The first-order valence-electron chi connectivity index (χ1n) is 6.11. The highest BCUT2D eigenvalue weighted by atomic mass is 16.5. The molecule has 2 heterocycles. The summed E-state index contributed by atoms with van der Waals surface area (Å²) >= 11 is 0. The summed E-state index contributed by atoms with van der Waals surface area (Å²) in [5, 5.41) is 10.4. The van der Waals surface area contributed by atoms with Crippen LogP contribution in [-0.2, 0) is 4.74 Å². The van der Waals surface area contributed by atoms with Gasteiger partial charge in [0.05, 0.1) is 5.60 Å². The predicted molar refractivity (Wildman–Crippen MR) is 69.5 cm³/mol. The lowest BCUT2D eigenvalue weighted by Gasteiger charge is -2.35. The number of hydrogen-bond acceptors (Lipinski definition) is 6. The highest BCUT2D eigenvalue weighted by molar-refractivity contribution is 5.46.